The lowest BCUT2D eigenvalue weighted by atomic mass is 9.78. The topological polar surface area (TPSA) is 82.6 Å². The normalized spacial score (nSPS) is 16.8. The summed E-state index contributed by atoms with van der Waals surface area (Å²) in [5.74, 6) is 0.179. The maximum atomic E-state index is 15.1. The van der Waals surface area contributed by atoms with Gasteiger partial charge in [-0.2, -0.15) is 0 Å². The second kappa shape index (κ2) is 8.02. The first kappa shape index (κ1) is 20.6. The molecule has 0 aliphatic carbocycles. The molecule has 6 nitrogen and oxygen atoms in total. The largest absolute Gasteiger partial charge is 0.494 e. The van der Waals surface area contributed by atoms with Gasteiger partial charge in [0.1, 0.15) is 11.4 Å². The molecule has 2 N–H and O–H groups in total. The summed E-state index contributed by atoms with van der Waals surface area (Å²) in [7, 11) is 2.96. The summed E-state index contributed by atoms with van der Waals surface area (Å²) >= 11 is 0. The third-order valence-corrected chi connectivity index (χ3v) is 5.88. The molecule has 0 amide bonds. The average molecular weight is 440 g/mol. The Morgan fingerprint density at radius 3 is 2.30 bits per heavy atom. The van der Waals surface area contributed by atoms with E-state index in [9.17, 15) is 0 Å². The number of hydrogen-bond donors (Lipinski definition) is 1. The first-order valence-electron chi connectivity index (χ1n) is 10.3. The maximum absolute atomic E-state index is 15.1. The number of amidine groups is 1. The molecule has 0 fully saturated rings. The van der Waals surface area contributed by atoms with Gasteiger partial charge in [-0.3, -0.25) is 0 Å². The molecule has 1 aliphatic rings. The Labute approximate surface area is 190 Å². The molecule has 5 rings (SSSR count). The quantitative estimate of drug-likeness (QED) is 0.500. The van der Waals surface area contributed by atoms with Crippen LogP contribution < -0.4 is 15.2 Å². The van der Waals surface area contributed by atoms with E-state index < -0.39 is 11.4 Å². The average Bonchev–Trinajstić information content (AvgIpc) is 3.18. The Morgan fingerprint density at radius 2 is 1.55 bits per heavy atom. The lowest BCUT2D eigenvalue weighted by Gasteiger charge is -2.29. The fraction of sp³-hybridized carbons (Fsp3) is 0.115. The predicted octanol–water partition coefficient (Wildman–Crippen LogP) is 4.31. The number of aromatic nitrogens is 2. The first-order chi connectivity index (χ1) is 16.1. The minimum Gasteiger partial charge on any atom is -0.494 e. The van der Waals surface area contributed by atoms with Crippen molar-refractivity contribution in [2.45, 2.75) is 5.54 Å². The van der Waals surface area contributed by atoms with Crippen molar-refractivity contribution >= 4 is 5.84 Å². The second-order valence-corrected chi connectivity index (χ2v) is 7.61. The Kier molecular flexibility index (Phi) is 5.01. The molecule has 2 heterocycles. The molecule has 0 saturated heterocycles. The Hall–Kier alpha value is -4.26. The fourth-order valence-corrected chi connectivity index (χ4v) is 4.34. The summed E-state index contributed by atoms with van der Waals surface area (Å²) in [6, 6.07) is 20.7. The second-order valence-electron chi connectivity index (χ2n) is 7.61. The van der Waals surface area contributed by atoms with Crippen molar-refractivity contribution in [3.63, 3.8) is 0 Å². The molecule has 7 heteroatoms. The third-order valence-electron chi connectivity index (χ3n) is 5.88. The Balaban J connectivity index is 1.76. The highest BCUT2D eigenvalue weighted by Crippen LogP contribution is 2.46. The van der Waals surface area contributed by atoms with Crippen LogP contribution in [0.15, 0.2) is 84.1 Å². The van der Waals surface area contributed by atoms with Crippen molar-refractivity contribution in [2.75, 3.05) is 14.2 Å². The summed E-state index contributed by atoms with van der Waals surface area (Å²) < 4.78 is 25.4. The third kappa shape index (κ3) is 3.20. The van der Waals surface area contributed by atoms with Crippen LogP contribution in [0.3, 0.4) is 0 Å². The van der Waals surface area contributed by atoms with Gasteiger partial charge in [0, 0.05) is 29.1 Å². The van der Waals surface area contributed by atoms with Gasteiger partial charge in [0.25, 0.3) is 0 Å². The van der Waals surface area contributed by atoms with Gasteiger partial charge in [-0.25, -0.2) is 19.4 Å². The summed E-state index contributed by atoms with van der Waals surface area (Å²) in [6.07, 6.45) is 3.37. The molecule has 33 heavy (non-hydrogen) atoms. The van der Waals surface area contributed by atoms with Gasteiger partial charge in [0.15, 0.2) is 11.6 Å². The fourth-order valence-electron chi connectivity index (χ4n) is 4.34. The molecule has 0 radical (unpaired) electrons. The van der Waals surface area contributed by atoms with Crippen LogP contribution in [0.4, 0.5) is 4.39 Å². The van der Waals surface area contributed by atoms with Crippen LogP contribution in [0, 0.1) is 5.82 Å². The molecule has 0 bridgehead atoms. The molecule has 1 aromatic heterocycles. The number of halogens is 1. The highest BCUT2D eigenvalue weighted by atomic mass is 19.1. The number of hydrogen-bond acceptors (Lipinski definition) is 6. The van der Waals surface area contributed by atoms with E-state index in [2.05, 4.69) is 9.97 Å². The minimum absolute atomic E-state index is 0.185. The van der Waals surface area contributed by atoms with Crippen LogP contribution in [0.25, 0.3) is 11.1 Å². The molecule has 164 valence electrons. The van der Waals surface area contributed by atoms with Gasteiger partial charge >= 0.3 is 6.01 Å². The SMILES string of the molecule is COc1ncc(C2(c3cccc(-c4cccc(OC)c4F)c3)N=C(N)c3ccccc32)cn1. The van der Waals surface area contributed by atoms with Crippen molar-refractivity contribution in [3.8, 4) is 22.9 Å². The summed E-state index contributed by atoms with van der Waals surface area (Å²) in [5, 5.41) is 0. The lowest BCUT2D eigenvalue weighted by Crippen LogP contribution is -2.26. The van der Waals surface area contributed by atoms with Crippen molar-refractivity contribution < 1.29 is 13.9 Å². The van der Waals surface area contributed by atoms with Crippen molar-refractivity contribution in [3.05, 3.63) is 107 Å². The standard InChI is InChI=1S/C26H21FN4O2/c1-32-22-12-6-10-19(23(22)27)16-7-5-8-17(13-16)26(18-14-29-25(33-2)30-15-18)21-11-4-3-9-20(21)24(28)31-26/h3-15H,1-2H3,(H2,28,31). The van der Waals surface area contributed by atoms with E-state index in [0.717, 1.165) is 22.3 Å². The highest BCUT2D eigenvalue weighted by Gasteiger charge is 2.43. The molecule has 0 spiro atoms. The van der Waals surface area contributed by atoms with Gasteiger partial charge in [-0.15, -0.1) is 0 Å². The maximum Gasteiger partial charge on any atom is 0.316 e. The van der Waals surface area contributed by atoms with Crippen molar-refractivity contribution in [1.82, 2.24) is 9.97 Å². The number of nitrogens with zero attached hydrogens (tertiary/aromatic N) is 3. The Morgan fingerprint density at radius 1 is 0.818 bits per heavy atom. The Bertz CT molecular complexity index is 1370. The van der Waals surface area contributed by atoms with Crippen LogP contribution in [0.2, 0.25) is 0 Å². The van der Waals surface area contributed by atoms with E-state index in [1.807, 2.05) is 48.5 Å². The number of fused-ring (bicyclic) bond motifs is 1. The molecule has 1 unspecified atom stereocenters. The summed E-state index contributed by atoms with van der Waals surface area (Å²) in [5.41, 5.74) is 9.78. The van der Waals surface area contributed by atoms with E-state index in [-0.39, 0.29) is 11.8 Å². The number of aliphatic imine (C=N–C) groups is 1. The van der Waals surface area contributed by atoms with Crippen LogP contribution >= 0.6 is 0 Å². The van der Waals surface area contributed by atoms with Crippen LogP contribution in [-0.2, 0) is 5.54 Å². The number of benzene rings is 3. The van der Waals surface area contributed by atoms with Crippen molar-refractivity contribution in [1.29, 1.82) is 0 Å². The number of rotatable bonds is 5. The van der Waals surface area contributed by atoms with E-state index in [0.29, 0.717) is 17.0 Å². The molecule has 0 saturated carbocycles. The first-order valence-corrected chi connectivity index (χ1v) is 10.3. The molecular formula is C26H21FN4O2. The summed E-state index contributed by atoms with van der Waals surface area (Å²) in [6.45, 7) is 0. The molecule has 3 aromatic carbocycles. The number of methoxy groups -OCH3 is 2. The van der Waals surface area contributed by atoms with Crippen LogP contribution in [-0.4, -0.2) is 30.0 Å². The monoisotopic (exact) mass is 440 g/mol. The van der Waals surface area contributed by atoms with Crippen LogP contribution in [0.5, 0.6) is 11.8 Å². The number of ether oxygens (including phenoxy) is 2. The zero-order valence-corrected chi connectivity index (χ0v) is 18.1. The minimum atomic E-state index is -0.988. The van der Waals surface area contributed by atoms with E-state index in [4.69, 9.17) is 20.2 Å². The van der Waals surface area contributed by atoms with Gasteiger partial charge < -0.3 is 15.2 Å². The van der Waals surface area contributed by atoms with Gasteiger partial charge in [0.2, 0.25) is 0 Å². The molecule has 1 aliphatic heterocycles. The zero-order valence-electron chi connectivity index (χ0n) is 18.1. The molecular weight excluding hydrogens is 419 g/mol. The molecule has 1 atom stereocenters. The van der Waals surface area contributed by atoms with E-state index in [1.165, 1.54) is 14.2 Å². The molecule has 4 aromatic rings. The highest BCUT2D eigenvalue weighted by molar-refractivity contribution is 6.03. The summed E-state index contributed by atoms with van der Waals surface area (Å²) in [4.78, 5) is 13.5. The van der Waals surface area contributed by atoms with Gasteiger partial charge in [-0.1, -0.05) is 54.6 Å². The lowest BCUT2D eigenvalue weighted by molar-refractivity contribution is 0.378. The van der Waals surface area contributed by atoms with Crippen LogP contribution in [0.1, 0.15) is 22.3 Å². The smallest absolute Gasteiger partial charge is 0.316 e. The van der Waals surface area contributed by atoms with E-state index >= 15 is 4.39 Å². The van der Waals surface area contributed by atoms with Gasteiger partial charge in [0.05, 0.1) is 14.2 Å². The van der Waals surface area contributed by atoms with Crippen molar-refractivity contribution in [2.24, 2.45) is 10.7 Å². The zero-order chi connectivity index (χ0) is 23.0. The number of nitrogens with two attached hydrogens (primary N) is 1. The van der Waals surface area contributed by atoms with E-state index in [1.54, 1.807) is 30.6 Å². The predicted molar refractivity (Wildman–Crippen MR) is 124 cm³/mol. The van der Waals surface area contributed by atoms with Gasteiger partial charge in [-0.05, 0) is 28.8 Å².